The van der Waals surface area contributed by atoms with Gasteiger partial charge in [0.05, 0.1) is 11.0 Å². The van der Waals surface area contributed by atoms with Crippen LogP contribution in [0.5, 0.6) is 0 Å². The molecule has 0 atom stereocenters. The molecule has 4 rings (SSSR count). The average molecular weight is 343 g/mol. The standard InChI is InChI=1S/C16H17N5O2S/c1-19-6-7-21(13(22)10-20-8-9-24-16(20)23)15-14(19)17-11-4-2-3-5-12(11)18-15/h2-5H,6-10H2,1H3. The van der Waals surface area contributed by atoms with Crippen LogP contribution >= 0.6 is 11.8 Å². The highest BCUT2D eigenvalue weighted by molar-refractivity contribution is 8.13. The maximum atomic E-state index is 12.7. The summed E-state index contributed by atoms with van der Waals surface area (Å²) in [6, 6.07) is 7.63. The van der Waals surface area contributed by atoms with Crippen LogP contribution in [0.25, 0.3) is 11.0 Å². The molecule has 0 aliphatic carbocycles. The number of carbonyl (C=O) groups is 2. The molecule has 2 aliphatic heterocycles. The molecule has 1 fully saturated rings. The second kappa shape index (κ2) is 5.94. The molecule has 7 nitrogen and oxygen atoms in total. The topological polar surface area (TPSA) is 69.6 Å². The lowest BCUT2D eigenvalue weighted by Crippen LogP contribution is -2.47. The minimum absolute atomic E-state index is 0.0257. The van der Waals surface area contributed by atoms with Gasteiger partial charge in [-0.25, -0.2) is 9.97 Å². The normalized spacial score (nSPS) is 17.5. The molecule has 1 saturated heterocycles. The van der Waals surface area contributed by atoms with Crippen molar-refractivity contribution >= 4 is 45.6 Å². The molecule has 0 N–H and O–H groups in total. The number of carbonyl (C=O) groups excluding carboxylic acids is 2. The van der Waals surface area contributed by atoms with Crippen molar-refractivity contribution in [2.24, 2.45) is 0 Å². The van der Waals surface area contributed by atoms with E-state index in [-0.39, 0.29) is 17.7 Å². The summed E-state index contributed by atoms with van der Waals surface area (Å²) >= 11 is 1.26. The van der Waals surface area contributed by atoms with Gasteiger partial charge in [-0.05, 0) is 12.1 Å². The minimum Gasteiger partial charge on any atom is -0.355 e. The Labute approximate surface area is 143 Å². The zero-order valence-electron chi connectivity index (χ0n) is 13.3. The summed E-state index contributed by atoms with van der Waals surface area (Å²) in [5.41, 5.74) is 1.57. The lowest BCUT2D eigenvalue weighted by atomic mass is 10.2. The molecule has 3 heterocycles. The summed E-state index contributed by atoms with van der Waals surface area (Å²) in [5.74, 6) is 1.92. The Bertz CT molecular complexity index is 827. The van der Waals surface area contributed by atoms with Gasteiger partial charge in [0.1, 0.15) is 6.54 Å². The maximum Gasteiger partial charge on any atom is 0.282 e. The van der Waals surface area contributed by atoms with Crippen LogP contribution < -0.4 is 9.80 Å². The summed E-state index contributed by atoms with van der Waals surface area (Å²) in [5, 5.41) is -0.0257. The highest BCUT2D eigenvalue weighted by Gasteiger charge is 2.31. The number of anilines is 2. The molecule has 24 heavy (non-hydrogen) atoms. The minimum atomic E-state index is -0.107. The molecule has 8 heteroatoms. The number of amides is 2. The number of thioether (sulfide) groups is 1. The number of aromatic nitrogens is 2. The molecule has 0 saturated carbocycles. The van der Waals surface area contributed by atoms with Crippen LogP contribution in [0.2, 0.25) is 0 Å². The lowest BCUT2D eigenvalue weighted by molar-refractivity contribution is -0.119. The molecule has 124 valence electrons. The van der Waals surface area contributed by atoms with Crippen LogP contribution in [0, 0.1) is 0 Å². The van der Waals surface area contributed by atoms with Gasteiger partial charge in [0, 0.05) is 32.4 Å². The molecule has 0 radical (unpaired) electrons. The van der Waals surface area contributed by atoms with Crippen LogP contribution in [0.4, 0.5) is 16.4 Å². The first-order valence-corrected chi connectivity index (χ1v) is 8.82. The van der Waals surface area contributed by atoms with Gasteiger partial charge in [-0.15, -0.1) is 0 Å². The fourth-order valence-electron chi connectivity index (χ4n) is 2.94. The van der Waals surface area contributed by atoms with E-state index in [0.29, 0.717) is 31.3 Å². The van der Waals surface area contributed by atoms with Gasteiger partial charge in [-0.2, -0.15) is 0 Å². The first kappa shape index (κ1) is 15.2. The fourth-order valence-corrected chi connectivity index (χ4v) is 3.77. The monoisotopic (exact) mass is 343 g/mol. The first-order chi connectivity index (χ1) is 11.6. The first-order valence-electron chi connectivity index (χ1n) is 7.83. The lowest BCUT2D eigenvalue weighted by Gasteiger charge is -2.34. The Kier molecular flexibility index (Phi) is 3.76. The number of hydrogen-bond donors (Lipinski definition) is 0. The van der Waals surface area contributed by atoms with E-state index in [1.807, 2.05) is 36.2 Å². The van der Waals surface area contributed by atoms with E-state index in [1.54, 1.807) is 9.80 Å². The second-order valence-corrected chi connectivity index (χ2v) is 6.91. The van der Waals surface area contributed by atoms with Gasteiger partial charge in [0.25, 0.3) is 5.24 Å². The number of nitrogens with zero attached hydrogens (tertiary/aromatic N) is 5. The summed E-state index contributed by atoms with van der Waals surface area (Å²) in [4.78, 5) is 39.1. The van der Waals surface area contributed by atoms with Crippen molar-refractivity contribution in [3.05, 3.63) is 24.3 Å². The quantitative estimate of drug-likeness (QED) is 0.825. The van der Waals surface area contributed by atoms with Crippen molar-refractivity contribution in [3.63, 3.8) is 0 Å². The van der Waals surface area contributed by atoms with Crippen molar-refractivity contribution in [2.75, 3.05) is 48.8 Å². The van der Waals surface area contributed by atoms with Crippen molar-refractivity contribution in [1.29, 1.82) is 0 Å². The third kappa shape index (κ3) is 2.56. The van der Waals surface area contributed by atoms with Crippen molar-refractivity contribution < 1.29 is 9.59 Å². The Hall–Kier alpha value is -2.35. The van der Waals surface area contributed by atoms with E-state index in [4.69, 9.17) is 0 Å². The Morgan fingerprint density at radius 1 is 1.12 bits per heavy atom. The third-order valence-electron chi connectivity index (χ3n) is 4.28. The molecule has 0 spiro atoms. The number of benzene rings is 1. The van der Waals surface area contributed by atoms with E-state index in [0.717, 1.165) is 16.8 Å². The van der Waals surface area contributed by atoms with Crippen molar-refractivity contribution in [3.8, 4) is 0 Å². The number of para-hydroxylation sites is 2. The van der Waals surface area contributed by atoms with Gasteiger partial charge in [0.2, 0.25) is 5.91 Å². The smallest absolute Gasteiger partial charge is 0.282 e. The summed E-state index contributed by atoms with van der Waals surface area (Å²) < 4.78 is 0. The summed E-state index contributed by atoms with van der Waals surface area (Å²) in [6.07, 6.45) is 0. The Morgan fingerprint density at radius 3 is 2.50 bits per heavy atom. The number of likely N-dealkylation sites (N-methyl/N-ethyl adjacent to an activating group) is 1. The van der Waals surface area contributed by atoms with Gasteiger partial charge in [-0.1, -0.05) is 23.9 Å². The summed E-state index contributed by atoms with van der Waals surface area (Å²) in [6.45, 7) is 1.96. The van der Waals surface area contributed by atoms with E-state index in [1.165, 1.54) is 11.8 Å². The van der Waals surface area contributed by atoms with Crippen LogP contribution in [0.15, 0.2) is 24.3 Å². The van der Waals surface area contributed by atoms with Gasteiger partial charge in [-0.3, -0.25) is 14.5 Å². The highest BCUT2D eigenvalue weighted by atomic mass is 32.2. The van der Waals surface area contributed by atoms with Gasteiger partial charge in [0.15, 0.2) is 11.6 Å². The van der Waals surface area contributed by atoms with Crippen LogP contribution in [-0.2, 0) is 4.79 Å². The van der Waals surface area contributed by atoms with Gasteiger partial charge < -0.3 is 9.80 Å². The van der Waals surface area contributed by atoms with E-state index in [2.05, 4.69) is 9.97 Å². The van der Waals surface area contributed by atoms with Crippen LogP contribution in [-0.4, -0.2) is 65.0 Å². The predicted molar refractivity (Wildman–Crippen MR) is 94.6 cm³/mol. The van der Waals surface area contributed by atoms with Gasteiger partial charge >= 0.3 is 0 Å². The third-order valence-corrected chi connectivity index (χ3v) is 5.17. The molecular formula is C16H17N5O2S. The molecular weight excluding hydrogens is 326 g/mol. The van der Waals surface area contributed by atoms with E-state index < -0.39 is 0 Å². The molecule has 0 bridgehead atoms. The molecule has 1 aromatic heterocycles. The largest absolute Gasteiger partial charge is 0.355 e. The fraction of sp³-hybridized carbons (Fsp3) is 0.375. The Balaban J connectivity index is 1.68. The molecule has 2 aliphatic rings. The number of fused-ring (bicyclic) bond motifs is 2. The predicted octanol–water partition coefficient (Wildman–Crippen LogP) is 1.58. The van der Waals surface area contributed by atoms with Crippen LogP contribution in [0.1, 0.15) is 0 Å². The highest BCUT2D eigenvalue weighted by Crippen LogP contribution is 2.31. The average Bonchev–Trinajstić information content (AvgIpc) is 2.98. The number of hydrogen-bond acceptors (Lipinski definition) is 6. The maximum absolute atomic E-state index is 12.7. The summed E-state index contributed by atoms with van der Waals surface area (Å²) in [7, 11) is 1.95. The Morgan fingerprint density at radius 2 is 1.83 bits per heavy atom. The molecule has 2 amide bonds. The molecule has 2 aromatic rings. The van der Waals surface area contributed by atoms with Crippen molar-refractivity contribution in [2.45, 2.75) is 0 Å². The van der Waals surface area contributed by atoms with E-state index in [9.17, 15) is 9.59 Å². The molecule has 1 aromatic carbocycles. The van der Waals surface area contributed by atoms with Crippen LogP contribution in [0.3, 0.4) is 0 Å². The second-order valence-electron chi connectivity index (χ2n) is 5.86. The van der Waals surface area contributed by atoms with E-state index >= 15 is 0 Å². The number of rotatable bonds is 2. The zero-order valence-corrected chi connectivity index (χ0v) is 14.1. The van der Waals surface area contributed by atoms with Crippen molar-refractivity contribution in [1.82, 2.24) is 14.9 Å². The zero-order chi connectivity index (χ0) is 16.7. The molecule has 0 unspecified atom stereocenters. The SMILES string of the molecule is CN1CCN(C(=O)CN2CCSC2=O)c2nc3ccccc3nc21.